The molecule has 1 aromatic heterocycles. The molecule has 0 aliphatic heterocycles. The van der Waals surface area contributed by atoms with Gasteiger partial charge in [0.2, 0.25) is 0 Å². The van der Waals surface area contributed by atoms with Crippen LogP contribution in [0.2, 0.25) is 5.22 Å². The van der Waals surface area contributed by atoms with Crippen LogP contribution in [0.25, 0.3) is 11.0 Å². The number of halogens is 1. The molecule has 1 N–H and O–H groups in total. The molecule has 0 saturated heterocycles. The van der Waals surface area contributed by atoms with E-state index in [1.165, 1.54) is 4.90 Å². The van der Waals surface area contributed by atoms with Gasteiger partial charge in [0.15, 0.2) is 5.22 Å². The minimum absolute atomic E-state index is 0.486. The van der Waals surface area contributed by atoms with Crippen LogP contribution in [0.4, 0.5) is 0 Å². The number of thioether (sulfide) groups is 1. The lowest BCUT2D eigenvalue weighted by Gasteiger charge is -2.04. The van der Waals surface area contributed by atoms with Crippen molar-refractivity contribution in [3.05, 3.63) is 65.4 Å². The van der Waals surface area contributed by atoms with Crippen molar-refractivity contribution < 1.29 is 4.42 Å². The van der Waals surface area contributed by atoms with Crippen LogP contribution in [0, 0.1) is 0 Å². The number of rotatable bonds is 6. The second-order valence-electron chi connectivity index (χ2n) is 4.69. The quantitative estimate of drug-likeness (QED) is 0.513. The van der Waals surface area contributed by atoms with Crippen LogP contribution in [-0.4, -0.2) is 12.3 Å². The second-order valence-corrected chi connectivity index (χ2v) is 6.20. The maximum absolute atomic E-state index is 6.16. The summed E-state index contributed by atoms with van der Waals surface area (Å²) in [4.78, 5) is 1.30. The van der Waals surface area contributed by atoms with E-state index in [-0.39, 0.29) is 0 Å². The third-order valence-corrected chi connectivity index (χ3v) is 4.56. The molecule has 0 bridgehead atoms. The van der Waals surface area contributed by atoms with Crippen molar-refractivity contribution >= 4 is 34.3 Å². The smallest absolute Gasteiger partial charge is 0.199 e. The lowest BCUT2D eigenvalue weighted by Crippen LogP contribution is -2.16. The van der Waals surface area contributed by atoms with E-state index in [1.807, 2.05) is 42.1 Å². The number of benzene rings is 2. The van der Waals surface area contributed by atoms with Crippen molar-refractivity contribution in [2.75, 3.05) is 12.3 Å². The summed E-state index contributed by atoms with van der Waals surface area (Å²) in [5, 5.41) is 5.00. The molecule has 21 heavy (non-hydrogen) atoms. The SMILES string of the molecule is Clc1oc2ccccc2c1CNCCSc1ccccc1. The highest BCUT2D eigenvalue weighted by Gasteiger charge is 2.10. The zero-order valence-electron chi connectivity index (χ0n) is 11.5. The number of para-hydroxylation sites is 1. The first-order chi connectivity index (χ1) is 10.3. The normalized spacial score (nSPS) is 11.1. The Bertz CT molecular complexity index is 711. The maximum atomic E-state index is 6.16. The molecule has 0 spiro atoms. The number of hydrogen-bond donors (Lipinski definition) is 1. The summed E-state index contributed by atoms with van der Waals surface area (Å²) in [6.07, 6.45) is 0. The summed E-state index contributed by atoms with van der Waals surface area (Å²) in [5.41, 5.74) is 1.88. The molecule has 0 aliphatic carbocycles. The lowest BCUT2D eigenvalue weighted by atomic mass is 10.2. The number of hydrogen-bond acceptors (Lipinski definition) is 3. The first kappa shape index (κ1) is 14.5. The summed E-state index contributed by atoms with van der Waals surface area (Å²) in [5.74, 6) is 1.03. The highest BCUT2D eigenvalue weighted by Crippen LogP contribution is 2.29. The molecule has 0 unspecified atom stereocenters. The van der Waals surface area contributed by atoms with Gasteiger partial charge in [-0.05, 0) is 29.8 Å². The number of furan rings is 1. The molecule has 0 radical (unpaired) electrons. The zero-order valence-corrected chi connectivity index (χ0v) is 13.1. The van der Waals surface area contributed by atoms with E-state index in [0.717, 1.165) is 35.4 Å². The van der Waals surface area contributed by atoms with Crippen molar-refractivity contribution in [2.45, 2.75) is 11.4 Å². The zero-order chi connectivity index (χ0) is 14.5. The minimum Gasteiger partial charge on any atom is -0.444 e. The number of fused-ring (bicyclic) bond motifs is 1. The van der Waals surface area contributed by atoms with E-state index in [0.29, 0.717) is 5.22 Å². The van der Waals surface area contributed by atoms with Crippen molar-refractivity contribution in [1.29, 1.82) is 0 Å². The average Bonchev–Trinajstić information content (AvgIpc) is 2.84. The molecule has 0 saturated carbocycles. The molecular formula is C17H16ClNOS. The number of nitrogens with one attached hydrogen (secondary N) is 1. The predicted molar refractivity (Wildman–Crippen MR) is 90.1 cm³/mol. The summed E-state index contributed by atoms with van der Waals surface area (Å²) in [6.45, 7) is 1.65. The Morgan fingerprint density at radius 3 is 2.62 bits per heavy atom. The van der Waals surface area contributed by atoms with Crippen LogP contribution in [0.3, 0.4) is 0 Å². The van der Waals surface area contributed by atoms with Gasteiger partial charge in [-0.3, -0.25) is 0 Å². The molecule has 0 aliphatic rings. The summed E-state index contributed by atoms with van der Waals surface area (Å²) in [7, 11) is 0. The molecule has 1 heterocycles. The van der Waals surface area contributed by atoms with Gasteiger partial charge in [-0.2, -0.15) is 0 Å². The Morgan fingerprint density at radius 1 is 1.00 bits per heavy atom. The highest BCUT2D eigenvalue weighted by atomic mass is 35.5. The van der Waals surface area contributed by atoms with E-state index in [4.69, 9.17) is 16.0 Å². The summed E-state index contributed by atoms with van der Waals surface area (Å²) in [6, 6.07) is 18.4. The van der Waals surface area contributed by atoms with Gasteiger partial charge in [0.25, 0.3) is 0 Å². The Hall–Kier alpha value is -1.42. The van der Waals surface area contributed by atoms with Gasteiger partial charge in [0.05, 0.1) is 0 Å². The fraction of sp³-hybridized carbons (Fsp3) is 0.176. The molecule has 2 nitrogen and oxygen atoms in total. The van der Waals surface area contributed by atoms with Crippen molar-refractivity contribution in [3.8, 4) is 0 Å². The van der Waals surface area contributed by atoms with Crippen molar-refractivity contribution in [2.24, 2.45) is 0 Å². The first-order valence-corrected chi connectivity index (χ1v) is 8.25. The molecule has 0 amide bonds. The highest BCUT2D eigenvalue weighted by molar-refractivity contribution is 7.99. The Labute approximate surface area is 133 Å². The Kier molecular flexibility index (Phi) is 4.86. The van der Waals surface area contributed by atoms with Gasteiger partial charge < -0.3 is 9.73 Å². The van der Waals surface area contributed by atoms with Crippen LogP contribution in [0.5, 0.6) is 0 Å². The fourth-order valence-electron chi connectivity index (χ4n) is 2.20. The van der Waals surface area contributed by atoms with Crippen LogP contribution in [0.15, 0.2) is 63.9 Å². The van der Waals surface area contributed by atoms with E-state index in [2.05, 4.69) is 29.6 Å². The fourth-order valence-corrected chi connectivity index (χ4v) is 3.29. The van der Waals surface area contributed by atoms with Gasteiger partial charge in [-0.1, -0.05) is 36.4 Å². The monoisotopic (exact) mass is 317 g/mol. The molecule has 0 atom stereocenters. The molecule has 0 fully saturated rings. The van der Waals surface area contributed by atoms with Crippen LogP contribution >= 0.6 is 23.4 Å². The van der Waals surface area contributed by atoms with Gasteiger partial charge in [-0.25, -0.2) is 0 Å². The second kappa shape index (κ2) is 7.03. The molecule has 2 aromatic carbocycles. The van der Waals surface area contributed by atoms with E-state index < -0.39 is 0 Å². The molecule has 3 aromatic rings. The van der Waals surface area contributed by atoms with E-state index in [1.54, 1.807) is 0 Å². The van der Waals surface area contributed by atoms with E-state index >= 15 is 0 Å². The molecular weight excluding hydrogens is 302 g/mol. The Balaban J connectivity index is 1.52. The van der Waals surface area contributed by atoms with Crippen LogP contribution < -0.4 is 5.32 Å². The standard InChI is InChI=1S/C17H16ClNOS/c18-17-15(14-8-4-5-9-16(14)20-17)12-19-10-11-21-13-6-2-1-3-7-13/h1-9,19H,10-12H2. The van der Waals surface area contributed by atoms with Gasteiger partial charge >= 0.3 is 0 Å². The van der Waals surface area contributed by atoms with Crippen LogP contribution in [0.1, 0.15) is 5.56 Å². The van der Waals surface area contributed by atoms with Crippen molar-refractivity contribution in [3.63, 3.8) is 0 Å². The first-order valence-electron chi connectivity index (χ1n) is 6.89. The molecule has 4 heteroatoms. The van der Waals surface area contributed by atoms with Gasteiger partial charge in [0, 0.05) is 34.7 Å². The minimum atomic E-state index is 0.486. The summed E-state index contributed by atoms with van der Waals surface area (Å²) < 4.78 is 5.55. The van der Waals surface area contributed by atoms with Crippen LogP contribution in [-0.2, 0) is 6.54 Å². The third kappa shape index (κ3) is 3.62. The average molecular weight is 318 g/mol. The third-order valence-electron chi connectivity index (χ3n) is 3.24. The lowest BCUT2D eigenvalue weighted by molar-refractivity contribution is 0.607. The molecule has 108 valence electrons. The predicted octanol–water partition coefficient (Wildman–Crippen LogP) is 4.97. The summed E-state index contributed by atoms with van der Waals surface area (Å²) >= 11 is 8.01. The largest absolute Gasteiger partial charge is 0.444 e. The topological polar surface area (TPSA) is 25.2 Å². The van der Waals surface area contributed by atoms with Crippen molar-refractivity contribution in [1.82, 2.24) is 5.32 Å². The van der Waals surface area contributed by atoms with Gasteiger partial charge in [-0.15, -0.1) is 11.8 Å². The molecule has 3 rings (SSSR count). The maximum Gasteiger partial charge on any atom is 0.199 e. The van der Waals surface area contributed by atoms with E-state index in [9.17, 15) is 0 Å². The van der Waals surface area contributed by atoms with Gasteiger partial charge in [0.1, 0.15) is 5.58 Å². The Morgan fingerprint density at radius 2 is 1.76 bits per heavy atom.